The summed E-state index contributed by atoms with van der Waals surface area (Å²) in [6, 6.07) is 14.6. The van der Waals surface area contributed by atoms with Crippen LogP contribution in [0.25, 0.3) is 0 Å². The number of nitriles is 1. The molecule has 0 atom stereocenters. The molecule has 1 aliphatic rings. The number of hydrogen-bond acceptors (Lipinski definition) is 4. The molecule has 1 amide bonds. The van der Waals surface area contributed by atoms with E-state index >= 15 is 0 Å². The Labute approximate surface area is 165 Å². The molecule has 0 saturated carbocycles. The van der Waals surface area contributed by atoms with E-state index in [1.165, 1.54) is 11.6 Å². The third kappa shape index (κ3) is 5.62. The lowest BCUT2D eigenvalue weighted by molar-refractivity contribution is -0.117. The topological polar surface area (TPSA) is 59.4 Å². The molecule has 3 rings (SSSR count). The molecule has 0 aromatic heterocycles. The highest BCUT2D eigenvalue weighted by Crippen LogP contribution is 2.14. The summed E-state index contributed by atoms with van der Waals surface area (Å²) in [6.45, 7) is 6.37. The van der Waals surface area contributed by atoms with Gasteiger partial charge in [0.25, 0.3) is 0 Å². The van der Waals surface area contributed by atoms with Crippen molar-refractivity contribution in [2.45, 2.75) is 19.9 Å². The van der Waals surface area contributed by atoms with Gasteiger partial charge in [-0.2, -0.15) is 5.26 Å². The minimum absolute atomic E-state index is 0.121. The van der Waals surface area contributed by atoms with Gasteiger partial charge in [-0.25, -0.2) is 4.39 Å². The number of benzene rings is 2. The zero-order valence-corrected chi connectivity index (χ0v) is 16.1. The van der Waals surface area contributed by atoms with E-state index in [9.17, 15) is 9.18 Å². The van der Waals surface area contributed by atoms with Gasteiger partial charge in [-0.3, -0.25) is 14.6 Å². The van der Waals surface area contributed by atoms with Crippen LogP contribution in [-0.2, 0) is 11.3 Å². The number of hydrogen-bond donors (Lipinski definition) is 1. The Morgan fingerprint density at radius 1 is 1.11 bits per heavy atom. The van der Waals surface area contributed by atoms with Crippen LogP contribution in [-0.4, -0.2) is 48.4 Å². The number of rotatable bonds is 5. The Morgan fingerprint density at radius 2 is 1.82 bits per heavy atom. The standard InChI is InChI=1S/C22H25FN4O/c1-17-3-8-20(13-21(17)23)25-22(28)16-27-10-2-9-26(11-12-27)15-19-6-4-18(14-24)5-7-19/h3-8,13H,2,9-12,15-16H2,1H3,(H,25,28). The molecule has 0 radical (unpaired) electrons. The second-order valence-electron chi connectivity index (χ2n) is 7.23. The Kier molecular flexibility index (Phi) is 6.75. The number of anilines is 1. The first-order chi connectivity index (χ1) is 13.5. The van der Waals surface area contributed by atoms with Crippen LogP contribution in [0.2, 0.25) is 0 Å². The van der Waals surface area contributed by atoms with Crippen molar-refractivity contribution in [2.24, 2.45) is 0 Å². The highest BCUT2D eigenvalue weighted by Gasteiger charge is 2.17. The van der Waals surface area contributed by atoms with Gasteiger partial charge in [0.15, 0.2) is 0 Å². The lowest BCUT2D eigenvalue weighted by atomic mass is 10.1. The van der Waals surface area contributed by atoms with Gasteiger partial charge in [-0.15, -0.1) is 0 Å². The zero-order valence-electron chi connectivity index (χ0n) is 16.1. The van der Waals surface area contributed by atoms with Gasteiger partial charge >= 0.3 is 0 Å². The van der Waals surface area contributed by atoms with Crippen LogP contribution in [0, 0.1) is 24.1 Å². The van der Waals surface area contributed by atoms with Crippen LogP contribution in [0.4, 0.5) is 10.1 Å². The molecule has 0 bridgehead atoms. The molecule has 5 nitrogen and oxygen atoms in total. The van der Waals surface area contributed by atoms with E-state index in [1.807, 2.05) is 24.3 Å². The van der Waals surface area contributed by atoms with E-state index in [0.717, 1.165) is 39.1 Å². The monoisotopic (exact) mass is 380 g/mol. The van der Waals surface area contributed by atoms with E-state index < -0.39 is 0 Å². The summed E-state index contributed by atoms with van der Waals surface area (Å²) in [5, 5.41) is 11.7. The molecule has 2 aromatic rings. The number of nitrogens with zero attached hydrogens (tertiary/aromatic N) is 3. The minimum Gasteiger partial charge on any atom is -0.325 e. The van der Waals surface area contributed by atoms with E-state index in [-0.39, 0.29) is 11.7 Å². The Balaban J connectivity index is 1.48. The van der Waals surface area contributed by atoms with Crippen molar-refractivity contribution in [1.29, 1.82) is 5.26 Å². The molecular weight excluding hydrogens is 355 g/mol. The Hall–Kier alpha value is -2.75. The van der Waals surface area contributed by atoms with Gasteiger partial charge < -0.3 is 5.32 Å². The number of nitrogens with one attached hydrogen (secondary N) is 1. The molecule has 1 saturated heterocycles. The van der Waals surface area contributed by atoms with Crippen molar-refractivity contribution >= 4 is 11.6 Å². The maximum atomic E-state index is 13.6. The van der Waals surface area contributed by atoms with Crippen molar-refractivity contribution in [3.63, 3.8) is 0 Å². The lowest BCUT2D eigenvalue weighted by Gasteiger charge is -2.21. The van der Waals surface area contributed by atoms with Gasteiger partial charge in [0.2, 0.25) is 5.91 Å². The third-order valence-corrected chi connectivity index (χ3v) is 4.99. The predicted octanol–water partition coefficient (Wildman–Crippen LogP) is 3.15. The first kappa shape index (κ1) is 20.0. The average Bonchev–Trinajstić information content (AvgIpc) is 2.90. The van der Waals surface area contributed by atoms with Crippen LogP contribution in [0.15, 0.2) is 42.5 Å². The fourth-order valence-electron chi connectivity index (χ4n) is 3.36. The number of carbonyl (C=O) groups is 1. The zero-order chi connectivity index (χ0) is 19.9. The quantitative estimate of drug-likeness (QED) is 0.866. The molecule has 2 aromatic carbocycles. The average molecular weight is 380 g/mol. The molecule has 1 aliphatic heterocycles. The maximum Gasteiger partial charge on any atom is 0.238 e. The summed E-state index contributed by atoms with van der Waals surface area (Å²) in [5.41, 5.74) is 2.91. The summed E-state index contributed by atoms with van der Waals surface area (Å²) in [6.07, 6.45) is 0.989. The van der Waals surface area contributed by atoms with Gasteiger partial charge in [0.1, 0.15) is 5.82 Å². The molecule has 1 N–H and O–H groups in total. The molecule has 146 valence electrons. The molecule has 28 heavy (non-hydrogen) atoms. The van der Waals surface area contributed by atoms with Crippen molar-refractivity contribution in [1.82, 2.24) is 9.80 Å². The fraction of sp³-hybridized carbons (Fsp3) is 0.364. The van der Waals surface area contributed by atoms with E-state index in [4.69, 9.17) is 5.26 Å². The van der Waals surface area contributed by atoms with Crippen molar-refractivity contribution in [3.05, 3.63) is 65.0 Å². The van der Waals surface area contributed by atoms with Crippen LogP contribution >= 0.6 is 0 Å². The second kappa shape index (κ2) is 9.45. The molecule has 0 unspecified atom stereocenters. The van der Waals surface area contributed by atoms with Gasteiger partial charge in [-0.05, 0) is 61.8 Å². The SMILES string of the molecule is Cc1ccc(NC(=O)CN2CCCN(Cc3ccc(C#N)cc3)CC2)cc1F. The summed E-state index contributed by atoms with van der Waals surface area (Å²) in [4.78, 5) is 16.8. The maximum absolute atomic E-state index is 13.6. The largest absolute Gasteiger partial charge is 0.325 e. The smallest absolute Gasteiger partial charge is 0.238 e. The second-order valence-corrected chi connectivity index (χ2v) is 7.23. The normalized spacial score (nSPS) is 15.6. The van der Waals surface area contributed by atoms with Crippen LogP contribution in [0.3, 0.4) is 0 Å². The first-order valence-electron chi connectivity index (χ1n) is 9.53. The third-order valence-electron chi connectivity index (χ3n) is 4.99. The van der Waals surface area contributed by atoms with Crippen molar-refractivity contribution in [3.8, 4) is 6.07 Å². The van der Waals surface area contributed by atoms with Gasteiger partial charge in [0.05, 0.1) is 18.2 Å². The number of halogens is 1. The van der Waals surface area contributed by atoms with Crippen LogP contribution < -0.4 is 5.32 Å². The predicted molar refractivity (Wildman–Crippen MR) is 107 cm³/mol. The molecule has 1 fully saturated rings. The highest BCUT2D eigenvalue weighted by molar-refractivity contribution is 5.92. The first-order valence-corrected chi connectivity index (χ1v) is 9.53. The van der Waals surface area contributed by atoms with Crippen molar-refractivity contribution < 1.29 is 9.18 Å². The van der Waals surface area contributed by atoms with E-state index in [0.29, 0.717) is 23.4 Å². The summed E-state index contributed by atoms with van der Waals surface area (Å²) in [7, 11) is 0. The summed E-state index contributed by atoms with van der Waals surface area (Å²) in [5.74, 6) is -0.435. The number of carbonyl (C=O) groups excluding carboxylic acids is 1. The van der Waals surface area contributed by atoms with Crippen LogP contribution in [0.5, 0.6) is 0 Å². The van der Waals surface area contributed by atoms with Crippen LogP contribution in [0.1, 0.15) is 23.1 Å². The molecule has 0 aliphatic carbocycles. The molecular formula is C22H25FN4O. The number of aryl methyl sites for hydroxylation is 1. The Morgan fingerprint density at radius 3 is 2.54 bits per heavy atom. The Bertz CT molecular complexity index is 860. The van der Waals surface area contributed by atoms with Gasteiger partial charge in [0, 0.05) is 25.3 Å². The number of amides is 1. The summed E-state index contributed by atoms with van der Waals surface area (Å²) < 4.78 is 13.6. The summed E-state index contributed by atoms with van der Waals surface area (Å²) >= 11 is 0. The highest BCUT2D eigenvalue weighted by atomic mass is 19.1. The van der Waals surface area contributed by atoms with E-state index in [1.54, 1.807) is 19.1 Å². The van der Waals surface area contributed by atoms with Crippen molar-refractivity contribution in [2.75, 3.05) is 38.0 Å². The van der Waals surface area contributed by atoms with E-state index in [2.05, 4.69) is 21.2 Å². The molecule has 1 heterocycles. The van der Waals surface area contributed by atoms with Gasteiger partial charge in [-0.1, -0.05) is 18.2 Å². The lowest BCUT2D eigenvalue weighted by Crippen LogP contribution is -2.36. The minimum atomic E-state index is -0.314. The molecule has 6 heteroatoms. The fourth-order valence-corrected chi connectivity index (χ4v) is 3.36. The molecule has 0 spiro atoms.